The molecule has 4 heteroatoms. The number of piperidine rings is 1. The van der Waals surface area contributed by atoms with Gasteiger partial charge in [-0.05, 0) is 62.4 Å². The van der Waals surface area contributed by atoms with E-state index >= 15 is 0 Å². The highest BCUT2D eigenvalue weighted by Crippen LogP contribution is 2.28. The van der Waals surface area contributed by atoms with Crippen molar-refractivity contribution < 1.29 is 9.53 Å². The molecule has 1 aromatic carbocycles. The largest absolute Gasteiger partial charge is 0.481 e. The van der Waals surface area contributed by atoms with Gasteiger partial charge < -0.3 is 15.4 Å². The summed E-state index contributed by atoms with van der Waals surface area (Å²) >= 11 is 0. The molecule has 128 valence electrons. The molecule has 1 aromatic rings. The third kappa shape index (κ3) is 4.71. The van der Waals surface area contributed by atoms with Gasteiger partial charge in [-0.1, -0.05) is 32.9 Å². The van der Waals surface area contributed by atoms with Crippen molar-refractivity contribution in [2.24, 2.45) is 5.92 Å². The number of aryl methyl sites for hydroxylation is 1. The number of carbonyl (C=O) groups excluding carboxylic acids is 1. The normalized spacial score (nSPS) is 22.7. The molecule has 0 bridgehead atoms. The Labute approximate surface area is 140 Å². The Morgan fingerprint density at radius 3 is 2.74 bits per heavy atom. The summed E-state index contributed by atoms with van der Waals surface area (Å²) < 4.78 is 6.00. The van der Waals surface area contributed by atoms with Crippen LogP contribution < -0.4 is 15.4 Å². The molecule has 0 aliphatic carbocycles. The molecule has 3 unspecified atom stereocenters. The van der Waals surface area contributed by atoms with Gasteiger partial charge in [-0.25, -0.2) is 0 Å². The van der Waals surface area contributed by atoms with E-state index in [4.69, 9.17) is 4.74 Å². The number of nitrogens with one attached hydrogen (secondary N) is 2. The lowest BCUT2D eigenvalue weighted by atomic mass is 9.95. The maximum Gasteiger partial charge on any atom is 0.261 e. The highest BCUT2D eigenvalue weighted by Gasteiger charge is 2.25. The van der Waals surface area contributed by atoms with E-state index in [0.29, 0.717) is 11.8 Å². The second-order valence-corrected chi connectivity index (χ2v) is 7.04. The van der Waals surface area contributed by atoms with Crippen molar-refractivity contribution >= 4 is 5.91 Å². The van der Waals surface area contributed by atoms with Crippen LogP contribution in [0.5, 0.6) is 5.75 Å². The van der Waals surface area contributed by atoms with E-state index in [1.54, 1.807) is 0 Å². The van der Waals surface area contributed by atoms with Gasteiger partial charge in [0.05, 0.1) is 0 Å². The van der Waals surface area contributed by atoms with E-state index in [2.05, 4.69) is 43.5 Å². The van der Waals surface area contributed by atoms with Crippen LogP contribution in [0.1, 0.15) is 51.2 Å². The molecule has 0 radical (unpaired) electrons. The van der Waals surface area contributed by atoms with Gasteiger partial charge in [0.15, 0.2) is 6.10 Å². The average Bonchev–Trinajstić information content (AvgIpc) is 2.49. The number of hydrogen-bond acceptors (Lipinski definition) is 3. The fourth-order valence-electron chi connectivity index (χ4n) is 2.99. The third-order valence-corrected chi connectivity index (χ3v) is 4.58. The van der Waals surface area contributed by atoms with Crippen molar-refractivity contribution in [3.8, 4) is 5.75 Å². The van der Waals surface area contributed by atoms with E-state index in [1.807, 2.05) is 19.9 Å². The summed E-state index contributed by atoms with van der Waals surface area (Å²) in [6.45, 7) is 12.2. The molecule has 1 aliphatic heterocycles. The van der Waals surface area contributed by atoms with Crippen LogP contribution in [0.15, 0.2) is 18.2 Å². The summed E-state index contributed by atoms with van der Waals surface area (Å²) in [6.07, 6.45) is 0.484. The molecule has 1 aliphatic rings. The van der Waals surface area contributed by atoms with Crippen molar-refractivity contribution in [1.82, 2.24) is 10.6 Å². The average molecular weight is 318 g/mol. The van der Waals surface area contributed by atoms with Crippen molar-refractivity contribution in [2.45, 2.75) is 59.1 Å². The molecule has 1 heterocycles. The highest BCUT2D eigenvalue weighted by molar-refractivity contribution is 5.81. The second-order valence-electron chi connectivity index (χ2n) is 7.04. The summed E-state index contributed by atoms with van der Waals surface area (Å²) in [5, 5.41) is 6.50. The molecule has 0 saturated carbocycles. The van der Waals surface area contributed by atoms with Gasteiger partial charge >= 0.3 is 0 Å². The third-order valence-electron chi connectivity index (χ3n) is 4.58. The summed E-state index contributed by atoms with van der Waals surface area (Å²) in [5.41, 5.74) is 2.29. The van der Waals surface area contributed by atoms with Gasteiger partial charge in [0, 0.05) is 6.04 Å². The van der Waals surface area contributed by atoms with Crippen molar-refractivity contribution in [1.29, 1.82) is 0 Å². The molecule has 1 fully saturated rings. The second kappa shape index (κ2) is 7.82. The van der Waals surface area contributed by atoms with Crippen LogP contribution in [-0.4, -0.2) is 31.1 Å². The molecule has 2 N–H and O–H groups in total. The molecule has 1 amide bonds. The first-order chi connectivity index (χ1) is 10.9. The monoisotopic (exact) mass is 318 g/mol. The van der Waals surface area contributed by atoms with Crippen LogP contribution in [0.3, 0.4) is 0 Å². The van der Waals surface area contributed by atoms with Crippen molar-refractivity contribution in [3.05, 3.63) is 29.3 Å². The summed E-state index contributed by atoms with van der Waals surface area (Å²) in [5.74, 6) is 1.61. The minimum absolute atomic E-state index is 0.0278. The number of amides is 1. The molecule has 23 heavy (non-hydrogen) atoms. The van der Waals surface area contributed by atoms with Gasteiger partial charge in [0.1, 0.15) is 5.75 Å². The number of benzene rings is 1. The Morgan fingerprint density at radius 1 is 1.35 bits per heavy atom. The van der Waals surface area contributed by atoms with E-state index < -0.39 is 6.10 Å². The number of ether oxygens (including phenoxy) is 1. The quantitative estimate of drug-likeness (QED) is 0.877. The van der Waals surface area contributed by atoms with Crippen LogP contribution >= 0.6 is 0 Å². The minimum Gasteiger partial charge on any atom is -0.481 e. The van der Waals surface area contributed by atoms with E-state index in [1.165, 1.54) is 0 Å². The molecular weight excluding hydrogens is 288 g/mol. The first-order valence-electron chi connectivity index (χ1n) is 8.66. The summed E-state index contributed by atoms with van der Waals surface area (Å²) in [4.78, 5) is 12.5. The van der Waals surface area contributed by atoms with Crippen LogP contribution in [0.25, 0.3) is 0 Å². The molecule has 4 nitrogen and oxygen atoms in total. The Bertz CT molecular complexity index is 542. The zero-order valence-corrected chi connectivity index (χ0v) is 15.0. The minimum atomic E-state index is -0.489. The Balaban J connectivity index is 2.02. The predicted molar refractivity (Wildman–Crippen MR) is 93.9 cm³/mol. The molecule has 2 rings (SSSR count). The van der Waals surface area contributed by atoms with Crippen molar-refractivity contribution in [3.63, 3.8) is 0 Å². The Kier molecular flexibility index (Phi) is 6.05. The van der Waals surface area contributed by atoms with Gasteiger partial charge in [0.25, 0.3) is 5.91 Å². The van der Waals surface area contributed by atoms with E-state index in [0.717, 1.165) is 36.4 Å². The zero-order valence-electron chi connectivity index (χ0n) is 15.0. The lowest BCUT2D eigenvalue weighted by Gasteiger charge is -2.31. The van der Waals surface area contributed by atoms with Gasteiger partial charge in [-0.15, -0.1) is 0 Å². The Morgan fingerprint density at radius 2 is 2.09 bits per heavy atom. The van der Waals surface area contributed by atoms with Crippen LogP contribution in [0, 0.1) is 12.8 Å². The first kappa shape index (κ1) is 17.8. The molecule has 0 aromatic heterocycles. The maximum atomic E-state index is 12.5. The lowest BCUT2D eigenvalue weighted by molar-refractivity contribution is -0.128. The smallest absolute Gasteiger partial charge is 0.261 e. The van der Waals surface area contributed by atoms with Gasteiger partial charge in [0.2, 0.25) is 0 Å². The van der Waals surface area contributed by atoms with E-state index in [9.17, 15) is 4.79 Å². The van der Waals surface area contributed by atoms with Crippen LogP contribution in [0.4, 0.5) is 0 Å². The number of rotatable bonds is 5. The fraction of sp³-hybridized carbons (Fsp3) is 0.632. The van der Waals surface area contributed by atoms with Gasteiger partial charge in [-0.2, -0.15) is 0 Å². The maximum absolute atomic E-state index is 12.5. The predicted octanol–water partition coefficient (Wildman–Crippen LogP) is 3.00. The lowest BCUT2D eigenvalue weighted by Crippen LogP contribution is -2.51. The standard InChI is InChI=1S/C19H30N2O2/c1-12(2)16-7-6-13(3)10-18(16)23-15(5)19(22)21-17-8-9-20-11-14(17)4/h6-7,10,12,14-15,17,20H,8-9,11H2,1-5H3,(H,21,22). The van der Waals surface area contributed by atoms with Gasteiger partial charge in [-0.3, -0.25) is 4.79 Å². The first-order valence-corrected chi connectivity index (χ1v) is 8.66. The summed E-state index contributed by atoms with van der Waals surface area (Å²) in [7, 11) is 0. The van der Waals surface area contributed by atoms with E-state index in [-0.39, 0.29) is 11.9 Å². The highest BCUT2D eigenvalue weighted by atomic mass is 16.5. The van der Waals surface area contributed by atoms with Crippen LogP contribution in [0.2, 0.25) is 0 Å². The SMILES string of the molecule is Cc1ccc(C(C)C)c(OC(C)C(=O)NC2CCNCC2C)c1. The Hall–Kier alpha value is -1.55. The molecule has 3 atom stereocenters. The molecule has 1 saturated heterocycles. The fourth-order valence-corrected chi connectivity index (χ4v) is 2.99. The number of carbonyl (C=O) groups is 1. The zero-order chi connectivity index (χ0) is 17.0. The van der Waals surface area contributed by atoms with Crippen molar-refractivity contribution in [2.75, 3.05) is 13.1 Å². The molecule has 0 spiro atoms. The topological polar surface area (TPSA) is 50.4 Å². The van der Waals surface area contributed by atoms with Crippen LogP contribution in [-0.2, 0) is 4.79 Å². The summed E-state index contributed by atoms with van der Waals surface area (Å²) in [6, 6.07) is 6.43. The number of hydrogen-bond donors (Lipinski definition) is 2. The molecular formula is C19H30N2O2.